The third kappa shape index (κ3) is 6.35. The summed E-state index contributed by atoms with van der Waals surface area (Å²) in [6, 6.07) is 16.2. The van der Waals surface area contributed by atoms with Crippen LogP contribution in [0, 0.1) is 0 Å². The van der Waals surface area contributed by atoms with Gasteiger partial charge in [0.25, 0.3) is 5.91 Å². The number of aliphatic imine (C=N–C) groups is 1. The van der Waals surface area contributed by atoms with Crippen LogP contribution in [0.1, 0.15) is 34.8 Å². The molecule has 0 radical (unpaired) electrons. The van der Waals surface area contributed by atoms with Crippen molar-refractivity contribution in [3.05, 3.63) is 71.4 Å². The number of carbonyl (C=O) groups excluding carboxylic acids is 1. The highest BCUT2D eigenvalue weighted by Gasteiger charge is 2.08. The zero-order valence-electron chi connectivity index (χ0n) is 18.7. The average Bonchev–Trinajstić information content (AvgIpc) is 3.19. The van der Waals surface area contributed by atoms with Gasteiger partial charge in [0.1, 0.15) is 0 Å². The quantitative estimate of drug-likeness (QED) is 0.282. The SMILES string of the molecule is CCNC(=NCCCc1c[nH]c2ccccc12)NCCc1cccc(C(=O)N(C)C)c1. The number of aromatic nitrogens is 1. The van der Waals surface area contributed by atoms with E-state index < -0.39 is 0 Å². The largest absolute Gasteiger partial charge is 0.361 e. The van der Waals surface area contributed by atoms with Crippen molar-refractivity contribution in [1.82, 2.24) is 20.5 Å². The standard InChI is InChI=1S/C25H33N5O/c1-4-26-25(27-15-8-11-21-18-29-23-13-6-5-12-22(21)23)28-16-14-19-9-7-10-20(17-19)24(31)30(2)3/h5-7,9-10,12-13,17-18,29H,4,8,11,14-16H2,1-3H3,(H2,26,27,28). The number of fused-ring (bicyclic) bond motifs is 1. The van der Waals surface area contributed by atoms with Crippen LogP contribution in [0.2, 0.25) is 0 Å². The summed E-state index contributed by atoms with van der Waals surface area (Å²) in [6.07, 6.45) is 4.92. The van der Waals surface area contributed by atoms with Crippen molar-refractivity contribution in [3.8, 4) is 0 Å². The molecule has 0 atom stereocenters. The molecule has 0 fully saturated rings. The lowest BCUT2D eigenvalue weighted by Crippen LogP contribution is -2.38. The van der Waals surface area contributed by atoms with E-state index in [4.69, 9.17) is 4.99 Å². The van der Waals surface area contributed by atoms with Crippen LogP contribution in [0.15, 0.2) is 59.7 Å². The van der Waals surface area contributed by atoms with Crippen molar-refractivity contribution in [3.63, 3.8) is 0 Å². The first-order valence-electron chi connectivity index (χ1n) is 11.0. The molecule has 6 nitrogen and oxygen atoms in total. The summed E-state index contributed by atoms with van der Waals surface area (Å²) < 4.78 is 0. The summed E-state index contributed by atoms with van der Waals surface area (Å²) in [4.78, 5) is 21.8. The second kappa shape index (κ2) is 11.2. The third-order valence-corrected chi connectivity index (χ3v) is 5.18. The average molecular weight is 420 g/mol. The van der Waals surface area contributed by atoms with Crippen LogP contribution in [-0.2, 0) is 12.8 Å². The minimum absolute atomic E-state index is 0.0277. The molecule has 0 saturated carbocycles. The first kappa shape index (κ1) is 22.4. The maximum Gasteiger partial charge on any atom is 0.253 e. The lowest BCUT2D eigenvalue weighted by molar-refractivity contribution is 0.0827. The lowest BCUT2D eigenvalue weighted by Gasteiger charge is -2.13. The molecule has 1 amide bonds. The van der Waals surface area contributed by atoms with Gasteiger partial charge < -0.3 is 20.5 Å². The smallest absolute Gasteiger partial charge is 0.253 e. The van der Waals surface area contributed by atoms with Crippen LogP contribution in [0.4, 0.5) is 0 Å². The molecule has 31 heavy (non-hydrogen) atoms. The maximum atomic E-state index is 12.1. The van der Waals surface area contributed by atoms with E-state index in [9.17, 15) is 4.79 Å². The van der Waals surface area contributed by atoms with E-state index in [-0.39, 0.29) is 5.91 Å². The van der Waals surface area contributed by atoms with Crippen molar-refractivity contribution >= 4 is 22.8 Å². The molecular formula is C25H33N5O. The normalized spacial score (nSPS) is 11.5. The molecule has 0 aliphatic heterocycles. The Balaban J connectivity index is 1.48. The van der Waals surface area contributed by atoms with Gasteiger partial charge in [0, 0.05) is 56.4 Å². The van der Waals surface area contributed by atoms with Gasteiger partial charge in [0.2, 0.25) is 0 Å². The summed E-state index contributed by atoms with van der Waals surface area (Å²) in [7, 11) is 3.54. The Bertz CT molecular complexity index is 1020. The molecule has 3 N–H and O–H groups in total. The first-order valence-corrected chi connectivity index (χ1v) is 11.0. The molecule has 0 aliphatic carbocycles. The Labute approximate surface area is 184 Å². The predicted molar refractivity (Wildman–Crippen MR) is 129 cm³/mol. The number of guanidine groups is 1. The van der Waals surface area contributed by atoms with Gasteiger partial charge in [0.05, 0.1) is 0 Å². The van der Waals surface area contributed by atoms with Crippen molar-refractivity contribution in [2.75, 3.05) is 33.7 Å². The predicted octanol–water partition coefficient (Wildman–Crippen LogP) is 3.60. The summed E-state index contributed by atoms with van der Waals surface area (Å²) in [6.45, 7) is 4.41. The van der Waals surface area contributed by atoms with Crippen molar-refractivity contribution in [1.29, 1.82) is 0 Å². The highest BCUT2D eigenvalue weighted by atomic mass is 16.2. The van der Waals surface area contributed by atoms with Gasteiger partial charge in [-0.2, -0.15) is 0 Å². The van der Waals surface area contributed by atoms with E-state index in [1.165, 1.54) is 16.5 Å². The number of para-hydroxylation sites is 1. The van der Waals surface area contributed by atoms with Gasteiger partial charge >= 0.3 is 0 Å². The molecule has 1 heterocycles. The fraction of sp³-hybridized carbons (Fsp3) is 0.360. The number of nitrogens with zero attached hydrogens (tertiary/aromatic N) is 2. The van der Waals surface area contributed by atoms with Gasteiger partial charge in [-0.05, 0) is 55.5 Å². The van der Waals surface area contributed by atoms with Gasteiger partial charge in [-0.25, -0.2) is 0 Å². The Morgan fingerprint density at radius 2 is 1.90 bits per heavy atom. The number of carbonyl (C=O) groups is 1. The topological polar surface area (TPSA) is 72.5 Å². The number of H-pyrrole nitrogens is 1. The second-order valence-corrected chi connectivity index (χ2v) is 7.80. The number of hydrogen-bond donors (Lipinski definition) is 3. The van der Waals surface area contributed by atoms with Crippen LogP contribution in [-0.4, -0.2) is 55.5 Å². The van der Waals surface area contributed by atoms with E-state index in [1.54, 1.807) is 19.0 Å². The summed E-state index contributed by atoms with van der Waals surface area (Å²) in [5.41, 5.74) is 4.39. The Kier molecular flexibility index (Phi) is 8.10. The molecule has 164 valence electrons. The number of rotatable bonds is 9. The molecule has 6 heteroatoms. The maximum absolute atomic E-state index is 12.1. The van der Waals surface area contributed by atoms with Gasteiger partial charge in [-0.1, -0.05) is 30.3 Å². The highest BCUT2D eigenvalue weighted by molar-refractivity contribution is 5.94. The number of aryl methyl sites for hydroxylation is 1. The van der Waals surface area contributed by atoms with Crippen molar-refractivity contribution in [2.45, 2.75) is 26.2 Å². The minimum atomic E-state index is 0.0277. The molecule has 3 rings (SSSR count). The minimum Gasteiger partial charge on any atom is -0.361 e. The van der Waals surface area contributed by atoms with Crippen molar-refractivity contribution < 1.29 is 4.79 Å². The molecule has 1 aromatic heterocycles. The van der Waals surface area contributed by atoms with E-state index in [1.807, 2.05) is 18.2 Å². The molecule has 2 aromatic carbocycles. The highest BCUT2D eigenvalue weighted by Crippen LogP contribution is 2.18. The van der Waals surface area contributed by atoms with Crippen LogP contribution in [0.5, 0.6) is 0 Å². The molecule has 0 spiro atoms. The number of hydrogen-bond acceptors (Lipinski definition) is 2. The monoisotopic (exact) mass is 419 g/mol. The third-order valence-electron chi connectivity index (χ3n) is 5.18. The van der Waals surface area contributed by atoms with Crippen LogP contribution >= 0.6 is 0 Å². The van der Waals surface area contributed by atoms with E-state index in [0.717, 1.165) is 56.0 Å². The zero-order valence-corrected chi connectivity index (χ0v) is 18.7. The Hall–Kier alpha value is -3.28. The molecule has 0 unspecified atom stereocenters. The van der Waals surface area contributed by atoms with E-state index in [2.05, 4.69) is 59.1 Å². The fourth-order valence-electron chi connectivity index (χ4n) is 3.58. The molecule has 0 aliphatic rings. The second-order valence-electron chi connectivity index (χ2n) is 7.80. The zero-order chi connectivity index (χ0) is 22.1. The summed E-state index contributed by atoms with van der Waals surface area (Å²) in [5, 5.41) is 8.01. The Morgan fingerprint density at radius 3 is 2.71 bits per heavy atom. The number of aromatic amines is 1. The Morgan fingerprint density at radius 1 is 1.06 bits per heavy atom. The lowest BCUT2D eigenvalue weighted by atomic mass is 10.1. The fourth-order valence-corrected chi connectivity index (χ4v) is 3.58. The molecule has 0 saturated heterocycles. The molecule has 3 aromatic rings. The van der Waals surface area contributed by atoms with Gasteiger partial charge in [-0.3, -0.25) is 9.79 Å². The van der Waals surface area contributed by atoms with Crippen LogP contribution < -0.4 is 10.6 Å². The van der Waals surface area contributed by atoms with Gasteiger partial charge in [-0.15, -0.1) is 0 Å². The summed E-state index contributed by atoms with van der Waals surface area (Å²) >= 11 is 0. The number of amides is 1. The van der Waals surface area contributed by atoms with Gasteiger partial charge in [0.15, 0.2) is 5.96 Å². The molecule has 0 bridgehead atoms. The van der Waals surface area contributed by atoms with Crippen molar-refractivity contribution in [2.24, 2.45) is 4.99 Å². The summed E-state index contributed by atoms with van der Waals surface area (Å²) in [5.74, 6) is 0.863. The van der Waals surface area contributed by atoms with E-state index >= 15 is 0 Å². The van der Waals surface area contributed by atoms with Crippen LogP contribution in [0.3, 0.4) is 0 Å². The van der Waals surface area contributed by atoms with E-state index in [0.29, 0.717) is 0 Å². The number of nitrogens with one attached hydrogen (secondary N) is 3. The number of benzene rings is 2. The molecular weight excluding hydrogens is 386 g/mol. The van der Waals surface area contributed by atoms with Crippen LogP contribution in [0.25, 0.3) is 10.9 Å². The first-order chi connectivity index (χ1) is 15.1.